The minimum Gasteiger partial charge on any atom is -0.264 e. The van der Waals surface area contributed by atoms with E-state index in [-0.39, 0.29) is 10.8 Å². The molecule has 0 unspecified atom stereocenters. The lowest BCUT2D eigenvalue weighted by atomic mass is 9.76. The lowest BCUT2D eigenvalue weighted by Gasteiger charge is -2.27. The zero-order chi connectivity index (χ0) is 12.7. The second-order valence-corrected chi connectivity index (χ2v) is 4.67. The average molecular weight is 239 g/mol. The van der Waals surface area contributed by atoms with Crippen molar-refractivity contribution >= 4 is 0 Å². The van der Waals surface area contributed by atoms with Crippen molar-refractivity contribution in [2.24, 2.45) is 0 Å². The summed E-state index contributed by atoms with van der Waals surface area (Å²) in [7, 11) is 0. The second-order valence-electron chi connectivity index (χ2n) is 4.67. The van der Waals surface area contributed by atoms with Crippen LogP contribution in [0.5, 0.6) is 0 Å². The van der Waals surface area contributed by atoms with Crippen molar-refractivity contribution in [3.05, 3.63) is 80.9 Å². The first-order valence-electron chi connectivity index (χ1n) is 6.01. The molecule has 2 aromatic rings. The summed E-state index contributed by atoms with van der Waals surface area (Å²) in [6.07, 6.45) is 0. The van der Waals surface area contributed by atoms with Crippen LogP contribution in [0, 0.1) is 10.1 Å². The molecule has 3 rings (SSSR count). The number of fused-ring (bicyclic) bond motifs is 2. The van der Waals surface area contributed by atoms with Gasteiger partial charge in [-0.1, -0.05) is 55.5 Å². The molecule has 0 aromatic heterocycles. The van der Waals surface area contributed by atoms with Crippen LogP contribution in [-0.4, -0.2) is 4.92 Å². The smallest absolute Gasteiger partial charge is 0.263 e. The van der Waals surface area contributed by atoms with E-state index in [4.69, 9.17) is 0 Å². The van der Waals surface area contributed by atoms with Crippen molar-refractivity contribution in [1.29, 1.82) is 0 Å². The van der Waals surface area contributed by atoms with Gasteiger partial charge in [-0.25, -0.2) is 0 Å². The zero-order valence-corrected chi connectivity index (χ0v) is 10.0. The molecule has 0 atom stereocenters. The van der Waals surface area contributed by atoms with Crippen LogP contribution >= 0.6 is 0 Å². The highest BCUT2D eigenvalue weighted by Crippen LogP contribution is 2.42. The molecule has 3 heteroatoms. The van der Waals surface area contributed by atoms with Gasteiger partial charge in [-0.3, -0.25) is 10.1 Å². The first-order valence-corrected chi connectivity index (χ1v) is 6.01. The Morgan fingerprint density at radius 3 is 1.67 bits per heavy atom. The highest BCUT2D eigenvalue weighted by atomic mass is 16.6. The molecule has 2 aromatic carbocycles. The van der Waals surface area contributed by atoms with Gasteiger partial charge >= 0.3 is 0 Å². The van der Waals surface area contributed by atoms with E-state index >= 15 is 0 Å². The maximum atomic E-state index is 11.4. The van der Waals surface area contributed by atoms with E-state index in [0.717, 1.165) is 22.3 Å². The van der Waals surface area contributed by atoms with E-state index in [1.165, 1.54) is 0 Å². The Balaban J connectivity index is 2.30. The van der Waals surface area contributed by atoms with Crippen LogP contribution in [-0.2, 0) is 0 Å². The molecule has 0 heterocycles. The molecule has 1 aliphatic carbocycles. The lowest BCUT2D eigenvalue weighted by Crippen LogP contribution is -2.22. The molecule has 1 aliphatic rings. The third-order valence-corrected chi connectivity index (χ3v) is 3.73. The van der Waals surface area contributed by atoms with Gasteiger partial charge in [-0.2, -0.15) is 0 Å². The summed E-state index contributed by atoms with van der Waals surface area (Å²) in [5.41, 5.74) is 3.79. The van der Waals surface area contributed by atoms with Crippen molar-refractivity contribution in [2.75, 3.05) is 0 Å². The Kier molecular flexibility index (Phi) is 2.40. The predicted molar refractivity (Wildman–Crippen MR) is 69.2 cm³/mol. The largest absolute Gasteiger partial charge is 0.264 e. The van der Waals surface area contributed by atoms with Crippen molar-refractivity contribution < 1.29 is 4.92 Å². The molecule has 0 bridgehead atoms. The number of benzene rings is 2. The van der Waals surface area contributed by atoms with E-state index in [1.54, 1.807) is 0 Å². The first-order chi connectivity index (χ1) is 8.70. The van der Waals surface area contributed by atoms with Crippen LogP contribution in [0.15, 0.2) is 48.5 Å². The Labute approximate surface area is 105 Å². The lowest BCUT2D eigenvalue weighted by molar-refractivity contribution is -0.517. The molecule has 18 heavy (non-hydrogen) atoms. The number of rotatable bonds is 1. The normalized spacial score (nSPS) is 20.9. The van der Waals surface area contributed by atoms with Gasteiger partial charge in [-0.15, -0.1) is 0 Å². The molecule has 0 saturated carbocycles. The SMILES string of the molecule is CC1c2ccccc2C([N+](=O)[O-])c2ccccc21. The van der Waals surface area contributed by atoms with Crippen molar-refractivity contribution in [1.82, 2.24) is 0 Å². The van der Waals surface area contributed by atoms with Crippen molar-refractivity contribution in [3.8, 4) is 0 Å². The van der Waals surface area contributed by atoms with E-state index in [1.807, 2.05) is 48.5 Å². The summed E-state index contributed by atoms with van der Waals surface area (Å²) in [6, 6.07) is 14.6. The highest BCUT2D eigenvalue weighted by molar-refractivity contribution is 5.50. The fourth-order valence-electron chi connectivity index (χ4n) is 2.87. The molecular weight excluding hydrogens is 226 g/mol. The van der Waals surface area contributed by atoms with E-state index in [2.05, 4.69) is 6.92 Å². The van der Waals surface area contributed by atoms with Crippen LogP contribution in [0.1, 0.15) is 41.1 Å². The van der Waals surface area contributed by atoms with E-state index in [9.17, 15) is 10.1 Å². The number of nitrogens with zero attached hydrogens (tertiary/aromatic N) is 1. The fraction of sp³-hybridized carbons (Fsp3) is 0.200. The monoisotopic (exact) mass is 239 g/mol. The van der Waals surface area contributed by atoms with Gasteiger partial charge in [0.2, 0.25) is 0 Å². The molecule has 0 aliphatic heterocycles. The minimum atomic E-state index is -0.728. The maximum absolute atomic E-state index is 11.4. The molecule has 0 saturated heterocycles. The Morgan fingerprint density at radius 1 is 0.889 bits per heavy atom. The molecular formula is C15H13NO2. The van der Waals surface area contributed by atoms with Crippen molar-refractivity contribution in [3.63, 3.8) is 0 Å². The highest BCUT2D eigenvalue weighted by Gasteiger charge is 2.36. The van der Waals surface area contributed by atoms with Gasteiger partial charge < -0.3 is 0 Å². The van der Waals surface area contributed by atoms with Crippen LogP contribution in [0.4, 0.5) is 0 Å². The number of nitro groups is 1. The summed E-state index contributed by atoms with van der Waals surface area (Å²) in [4.78, 5) is 11.2. The van der Waals surface area contributed by atoms with Crippen LogP contribution in [0.2, 0.25) is 0 Å². The Morgan fingerprint density at radius 2 is 1.28 bits per heavy atom. The molecule has 3 nitrogen and oxygen atoms in total. The first kappa shape index (κ1) is 11.0. The summed E-state index contributed by atoms with van der Waals surface area (Å²) >= 11 is 0. The summed E-state index contributed by atoms with van der Waals surface area (Å²) in [5, 5.41) is 11.4. The average Bonchev–Trinajstić information content (AvgIpc) is 2.39. The zero-order valence-electron chi connectivity index (χ0n) is 10.0. The van der Waals surface area contributed by atoms with Crippen LogP contribution < -0.4 is 0 Å². The predicted octanol–water partition coefficient (Wildman–Crippen LogP) is 3.52. The summed E-state index contributed by atoms with van der Waals surface area (Å²) < 4.78 is 0. The standard InChI is InChI=1S/C15H13NO2/c1-10-11-6-2-4-8-13(11)15(16(17)18)14-9-5-3-7-12(10)14/h2-10,15H,1H3. The molecule has 0 fully saturated rings. The van der Waals surface area contributed by atoms with E-state index in [0.29, 0.717) is 0 Å². The second kappa shape index (κ2) is 3.95. The molecule has 0 spiro atoms. The maximum Gasteiger partial charge on any atom is 0.263 e. The van der Waals surface area contributed by atoms with Gasteiger partial charge in [0.25, 0.3) is 6.04 Å². The van der Waals surface area contributed by atoms with Gasteiger partial charge in [0.1, 0.15) is 0 Å². The molecule has 0 radical (unpaired) electrons. The molecule has 0 amide bonds. The molecule has 90 valence electrons. The van der Waals surface area contributed by atoms with Crippen LogP contribution in [0.3, 0.4) is 0 Å². The third-order valence-electron chi connectivity index (χ3n) is 3.73. The molecule has 0 N–H and O–H groups in total. The van der Waals surface area contributed by atoms with E-state index < -0.39 is 6.04 Å². The minimum absolute atomic E-state index is 0.191. The van der Waals surface area contributed by atoms with Gasteiger partial charge in [0, 0.05) is 22.0 Å². The quantitative estimate of drug-likeness (QED) is 0.564. The third kappa shape index (κ3) is 1.44. The summed E-state index contributed by atoms with van der Waals surface area (Å²) in [5.74, 6) is 0.216. The van der Waals surface area contributed by atoms with Crippen LogP contribution in [0.25, 0.3) is 0 Å². The summed E-state index contributed by atoms with van der Waals surface area (Å²) in [6.45, 7) is 2.10. The Hall–Kier alpha value is -2.16. The van der Waals surface area contributed by atoms with Crippen molar-refractivity contribution in [2.45, 2.75) is 18.9 Å². The van der Waals surface area contributed by atoms with Gasteiger partial charge in [0.05, 0.1) is 0 Å². The number of hydrogen-bond acceptors (Lipinski definition) is 2. The van der Waals surface area contributed by atoms with Gasteiger partial charge in [-0.05, 0) is 11.1 Å². The Bertz CT molecular complexity index is 574. The number of hydrogen-bond donors (Lipinski definition) is 0. The van der Waals surface area contributed by atoms with Gasteiger partial charge in [0.15, 0.2) is 0 Å². The topological polar surface area (TPSA) is 43.1 Å². The fourth-order valence-corrected chi connectivity index (χ4v) is 2.87.